The Kier molecular flexibility index (Phi) is 6.36. The molecule has 1 atom stereocenters. The standard InChI is InChI=1S/C15H14F2N8O2.ClH/c1-7(10-3-8(16)4-19-12(10)17)27-15(26)22-14-11(23-24-25(14)2)13-20-5-9(18)6-21-13;/h3-7H,18H2,1-2H3,(H,22,26);1H/t7-;/m1./s1. The smallest absolute Gasteiger partial charge is 0.413 e. The summed E-state index contributed by atoms with van der Waals surface area (Å²) >= 11 is 0. The quantitative estimate of drug-likeness (QED) is 0.623. The fraction of sp³-hybridized carbons (Fsp3) is 0.200. The van der Waals surface area contributed by atoms with Gasteiger partial charge in [-0.3, -0.25) is 5.32 Å². The average molecular weight is 413 g/mol. The predicted molar refractivity (Wildman–Crippen MR) is 96.4 cm³/mol. The van der Waals surface area contributed by atoms with Crippen LogP contribution in [0.15, 0.2) is 24.7 Å². The van der Waals surface area contributed by atoms with E-state index in [1.165, 1.54) is 31.0 Å². The average Bonchev–Trinajstić information content (AvgIpc) is 2.98. The third-order valence-corrected chi connectivity index (χ3v) is 3.49. The van der Waals surface area contributed by atoms with Crippen molar-refractivity contribution in [3.8, 4) is 11.5 Å². The number of nitrogens with zero attached hydrogens (tertiary/aromatic N) is 6. The molecule has 3 aromatic rings. The molecule has 0 aliphatic carbocycles. The number of hydrogen-bond acceptors (Lipinski definition) is 8. The highest BCUT2D eigenvalue weighted by Gasteiger charge is 2.21. The molecule has 28 heavy (non-hydrogen) atoms. The van der Waals surface area contributed by atoms with Crippen LogP contribution in [0.25, 0.3) is 11.5 Å². The third-order valence-electron chi connectivity index (χ3n) is 3.49. The zero-order valence-corrected chi connectivity index (χ0v) is 15.4. The third kappa shape index (κ3) is 4.46. The number of pyridine rings is 1. The van der Waals surface area contributed by atoms with E-state index < -0.39 is 24.0 Å². The fourth-order valence-electron chi connectivity index (χ4n) is 2.18. The minimum absolute atomic E-state index is 0. The number of aromatic nitrogens is 6. The number of carbonyl (C=O) groups excluding carboxylic acids is 1. The maximum absolute atomic E-state index is 13.7. The van der Waals surface area contributed by atoms with E-state index in [9.17, 15) is 13.6 Å². The molecule has 0 saturated heterocycles. The highest BCUT2D eigenvalue weighted by atomic mass is 35.5. The number of nitrogens with one attached hydrogen (secondary N) is 1. The van der Waals surface area contributed by atoms with Crippen LogP contribution < -0.4 is 11.1 Å². The van der Waals surface area contributed by atoms with Crippen LogP contribution in [-0.2, 0) is 11.8 Å². The number of hydrogen-bond donors (Lipinski definition) is 2. The molecular formula is C15H15ClF2N8O2. The number of amides is 1. The second kappa shape index (κ2) is 8.52. The highest BCUT2D eigenvalue weighted by molar-refractivity contribution is 5.87. The predicted octanol–water partition coefficient (Wildman–Crippen LogP) is 2.26. The molecule has 0 unspecified atom stereocenters. The minimum atomic E-state index is -1.09. The van der Waals surface area contributed by atoms with Crippen molar-refractivity contribution in [2.75, 3.05) is 11.1 Å². The molecule has 3 aromatic heterocycles. The summed E-state index contributed by atoms with van der Waals surface area (Å²) in [6.07, 6.45) is 1.45. The van der Waals surface area contributed by atoms with Crippen LogP contribution in [0.4, 0.5) is 25.1 Å². The Morgan fingerprint density at radius 3 is 2.61 bits per heavy atom. The fourth-order valence-corrected chi connectivity index (χ4v) is 2.18. The first-order chi connectivity index (χ1) is 12.8. The molecule has 0 aliphatic rings. The zero-order valence-electron chi connectivity index (χ0n) is 14.6. The summed E-state index contributed by atoms with van der Waals surface area (Å²) in [7, 11) is 1.53. The molecule has 0 aliphatic heterocycles. The maximum atomic E-state index is 13.7. The Morgan fingerprint density at radius 2 is 1.93 bits per heavy atom. The van der Waals surface area contributed by atoms with Gasteiger partial charge in [0.25, 0.3) is 0 Å². The van der Waals surface area contributed by atoms with E-state index in [0.29, 0.717) is 5.69 Å². The second-order valence-electron chi connectivity index (χ2n) is 5.46. The lowest BCUT2D eigenvalue weighted by molar-refractivity contribution is 0.118. The highest BCUT2D eigenvalue weighted by Crippen LogP contribution is 2.24. The van der Waals surface area contributed by atoms with E-state index in [4.69, 9.17) is 10.5 Å². The van der Waals surface area contributed by atoms with E-state index >= 15 is 0 Å². The summed E-state index contributed by atoms with van der Waals surface area (Å²) in [4.78, 5) is 23.5. The number of nitrogens with two attached hydrogens (primary N) is 1. The van der Waals surface area contributed by atoms with Gasteiger partial charge in [-0.2, -0.15) is 4.39 Å². The number of nitrogen functional groups attached to an aromatic ring is 1. The molecule has 0 spiro atoms. The van der Waals surface area contributed by atoms with Gasteiger partial charge in [-0.15, -0.1) is 17.5 Å². The van der Waals surface area contributed by atoms with Crippen molar-refractivity contribution in [1.82, 2.24) is 29.9 Å². The molecule has 0 radical (unpaired) electrons. The molecule has 10 nitrogen and oxygen atoms in total. The van der Waals surface area contributed by atoms with Gasteiger partial charge in [-0.25, -0.2) is 28.8 Å². The van der Waals surface area contributed by atoms with Gasteiger partial charge < -0.3 is 10.5 Å². The number of anilines is 2. The van der Waals surface area contributed by atoms with Crippen LogP contribution in [0, 0.1) is 11.8 Å². The van der Waals surface area contributed by atoms with Crippen molar-refractivity contribution < 1.29 is 18.3 Å². The van der Waals surface area contributed by atoms with Crippen LogP contribution in [0.2, 0.25) is 0 Å². The van der Waals surface area contributed by atoms with Gasteiger partial charge >= 0.3 is 6.09 Å². The lowest BCUT2D eigenvalue weighted by atomic mass is 10.2. The first-order valence-electron chi connectivity index (χ1n) is 7.61. The van der Waals surface area contributed by atoms with Gasteiger partial charge in [-0.1, -0.05) is 5.21 Å². The van der Waals surface area contributed by atoms with Gasteiger partial charge in [0.1, 0.15) is 11.9 Å². The topological polar surface area (TPSA) is 134 Å². The molecule has 1 amide bonds. The SMILES string of the molecule is C[C@@H](OC(=O)Nc1c(-c2ncc(N)cn2)nnn1C)c1cc(F)cnc1F.Cl. The number of ether oxygens (including phenoxy) is 1. The molecule has 3 rings (SSSR count). The molecular weight excluding hydrogens is 398 g/mol. The van der Waals surface area contributed by atoms with Gasteiger partial charge in [0.15, 0.2) is 17.3 Å². The molecule has 0 saturated carbocycles. The van der Waals surface area contributed by atoms with E-state index in [-0.39, 0.29) is 35.3 Å². The monoisotopic (exact) mass is 412 g/mol. The van der Waals surface area contributed by atoms with Crippen molar-refractivity contribution in [2.45, 2.75) is 13.0 Å². The number of aryl methyl sites for hydroxylation is 1. The molecule has 148 valence electrons. The van der Waals surface area contributed by atoms with Crippen LogP contribution in [0.3, 0.4) is 0 Å². The van der Waals surface area contributed by atoms with E-state index in [1.807, 2.05) is 0 Å². The Morgan fingerprint density at radius 1 is 1.25 bits per heavy atom. The molecule has 0 bridgehead atoms. The van der Waals surface area contributed by atoms with Crippen LogP contribution >= 0.6 is 12.4 Å². The molecule has 0 fully saturated rings. The van der Waals surface area contributed by atoms with E-state index in [2.05, 4.69) is 30.6 Å². The Labute approximate surface area is 163 Å². The first kappa shape index (κ1) is 20.9. The number of halogens is 3. The van der Waals surface area contributed by atoms with Gasteiger partial charge in [-0.05, 0) is 13.0 Å². The van der Waals surface area contributed by atoms with Crippen LogP contribution in [0.5, 0.6) is 0 Å². The molecule has 3 heterocycles. The molecule has 3 N–H and O–H groups in total. The van der Waals surface area contributed by atoms with Crippen molar-refractivity contribution >= 4 is 30.0 Å². The summed E-state index contributed by atoms with van der Waals surface area (Å²) in [6.45, 7) is 1.38. The lowest BCUT2D eigenvalue weighted by Gasteiger charge is -2.14. The summed E-state index contributed by atoms with van der Waals surface area (Å²) in [5.74, 6) is -1.36. The van der Waals surface area contributed by atoms with Gasteiger partial charge in [0.2, 0.25) is 5.95 Å². The summed E-state index contributed by atoms with van der Waals surface area (Å²) in [6, 6.07) is 0.902. The van der Waals surface area contributed by atoms with Crippen molar-refractivity contribution in [3.63, 3.8) is 0 Å². The Bertz CT molecular complexity index is 983. The van der Waals surface area contributed by atoms with E-state index in [0.717, 1.165) is 12.3 Å². The minimum Gasteiger partial charge on any atom is -0.441 e. The Balaban J connectivity index is 0.00000280. The Hall–Kier alpha value is -3.41. The summed E-state index contributed by atoms with van der Waals surface area (Å²) < 4.78 is 33.3. The molecule has 0 aromatic carbocycles. The number of carbonyl (C=O) groups is 1. The van der Waals surface area contributed by atoms with Gasteiger partial charge in [0, 0.05) is 7.05 Å². The van der Waals surface area contributed by atoms with Crippen LogP contribution in [-0.4, -0.2) is 36.0 Å². The number of rotatable bonds is 4. The normalized spacial score (nSPS) is 11.4. The summed E-state index contributed by atoms with van der Waals surface area (Å²) in [5, 5.41) is 10.1. The van der Waals surface area contributed by atoms with Crippen molar-refractivity contribution in [1.29, 1.82) is 0 Å². The first-order valence-corrected chi connectivity index (χ1v) is 7.61. The van der Waals surface area contributed by atoms with Crippen molar-refractivity contribution in [3.05, 3.63) is 42.0 Å². The molecule has 13 heteroatoms. The lowest BCUT2D eigenvalue weighted by Crippen LogP contribution is -2.19. The maximum Gasteiger partial charge on any atom is 0.413 e. The van der Waals surface area contributed by atoms with Crippen molar-refractivity contribution in [2.24, 2.45) is 7.05 Å². The van der Waals surface area contributed by atoms with Gasteiger partial charge in [0.05, 0.1) is 29.8 Å². The second-order valence-corrected chi connectivity index (χ2v) is 5.46. The largest absolute Gasteiger partial charge is 0.441 e. The van der Waals surface area contributed by atoms with E-state index in [1.54, 1.807) is 0 Å². The summed E-state index contributed by atoms with van der Waals surface area (Å²) in [5.41, 5.74) is 5.88. The van der Waals surface area contributed by atoms with Crippen LogP contribution in [0.1, 0.15) is 18.6 Å². The zero-order chi connectivity index (χ0) is 19.6.